The molecule has 0 saturated heterocycles. The van der Waals surface area contributed by atoms with E-state index in [0.717, 1.165) is 30.1 Å². The van der Waals surface area contributed by atoms with Crippen LogP contribution in [0.1, 0.15) is 86.0 Å². The van der Waals surface area contributed by atoms with Gasteiger partial charge in [-0.2, -0.15) is 0 Å². The van der Waals surface area contributed by atoms with Crippen LogP contribution in [0.2, 0.25) is 0 Å². The molecule has 9 atom stereocenters. The van der Waals surface area contributed by atoms with Crippen LogP contribution in [0.15, 0.2) is 23.8 Å². The molecule has 4 aliphatic rings. The number of fused-ring (bicyclic) bond motifs is 5. The molecule has 3 fully saturated rings. The lowest BCUT2D eigenvalue weighted by Gasteiger charge is -2.56. The third-order valence-electron chi connectivity index (χ3n) is 9.92. The summed E-state index contributed by atoms with van der Waals surface area (Å²) >= 11 is 0. The molecule has 0 radical (unpaired) electrons. The number of rotatable bonds is 4. The minimum atomic E-state index is -0.147. The Kier molecular flexibility index (Phi) is 5.15. The number of aliphatic hydroxyl groups excluding tert-OH is 1. The highest BCUT2D eigenvalue weighted by atomic mass is 16.3. The minimum Gasteiger partial charge on any atom is -0.389 e. The maximum absolute atomic E-state index is 10.5. The van der Waals surface area contributed by atoms with Crippen LogP contribution in [-0.4, -0.2) is 11.2 Å². The van der Waals surface area contributed by atoms with Gasteiger partial charge in [0.25, 0.3) is 0 Å². The molecule has 0 aromatic heterocycles. The second kappa shape index (κ2) is 7.05. The monoisotopic (exact) mass is 370 g/mol. The third kappa shape index (κ3) is 2.98. The first kappa shape index (κ1) is 19.7. The van der Waals surface area contributed by atoms with Crippen LogP contribution in [0.4, 0.5) is 0 Å². The Morgan fingerprint density at radius 3 is 2.59 bits per heavy atom. The second-order valence-electron chi connectivity index (χ2n) is 11.1. The number of aliphatic hydroxyl groups is 1. The Morgan fingerprint density at radius 2 is 1.85 bits per heavy atom. The van der Waals surface area contributed by atoms with Crippen molar-refractivity contribution in [2.45, 2.75) is 92.1 Å². The highest BCUT2D eigenvalue weighted by Gasteiger charge is 2.59. The van der Waals surface area contributed by atoms with Crippen LogP contribution in [0.25, 0.3) is 0 Å². The zero-order valence-electron chi connectivity index (χ0n) is 18.4. The maximum Gasteiger partial charge on any atom is 0.0755 e. The molecule has 0 aromatic rings. The molecule has 27 heavy (non-hydrogen) atoms. The molecular weight excluding hydrogens is 328 g/mol. The molecule has 0 bridgehead atoms. The molecule has 1 N–H and O–H groups in total. The van der Waals surface area contributed by atoms with Crippen LogP contribution >= 0.6 is 0 Å². The van der Waals surface area contributed by atoms with Crippen molar-refractivity contribution >= 4 is 0 Å². The van der Waals surface area contributed by atoms with Crippen molar-refractivity contribution in [1.82, 2.24) is 0 Å². The molecule has 0 amide bonds. The molecular formula is C26H42O. The summed E-state index contributed by atoms with van der Waals surface area (Å²) in [6.45, 7) is 12.2. The Bertz CT molecular complexity index is 618. The van der Waals surface area contributed by atoms with Crippen LogP contribution in [0, 0.1) is 46.3 Å². The van der Waals surface area contributed by atoms with E-state index in [4.69, 9.17) is 0 Å². The Balaban J connectivity index is 1.55. The summed E-state index contributed by atoms with van der Waals surface area (Å²) in [6.07, 6.45) is 17.7. The van der Waals surface area contributed by atoms with Gasteiger partial charge in [-0.05, 0) is 96.9 Å². The van der Waals surface area contributed by atoms with Gasteiger partial charge in [0.1, 0.15) is 0 Å². The van der Waals surface area contributed by atoms with Crippen molar-refractivity contribution in [3.8, 4) is 0 Å². The van der Waals surface area contributed by atoms with Gasteiger partial charge in [-0.15, -0.1) is 0 Å². The first-order valence-electron chi connectivity index (χ1n) is 11.9. The van der Waals surface area contributed by atoms with Gasteiger partial charge in [0.15, 0.2) is 0 Å². The van der Waals surface area contributed by atoms with E-state index in [1.807, 2.05) is 0 Å². The Hall–Kier alpha value is -0.560. The fraction of sp³-hybridized carbons (Fsp3) is 0.846. The van der Waals surface area contributed by atoms with Gasteiger partial charge in [-0.3, -0.25) is 0 Å². The van der Waals surface area contributed by atoms with E-state index in [1.54, 1.807) is 0 Å². The lowest BCUT2D eigenvalue weighted by molar-refractivity contribution is -0.0384. The Morgan fingerprint density at radius 1 is 1.07 bits per heavy atom. The number of hydrogen-bond acceptors (Lipinski definition) is 1. The minimum absolute atomic E-state index is 0.147. The summed E-state index contributed by atoms with van der Waals surface area (Å²) in [7, 11) is 0. The van der Waals surface area contributed by atoms with Crippen LogP contribution in [-0.2, 0) is 0 Å². The predicted molar refractivity (Wildman–Crippen MR) is 114 cm³/mol. The summed E-state index contributed by atoms with van der Waals surface area (Å²) in [5, 5.41) is 10.5. The van der Waals surface area contributed by atoms with E-state index < -0.39 is 0 Å². The lowest BCUT2D eigenvalue weighted by atomic mass is 9.49. The molecule has 0 unspecified atom stereocenters. The summed E-state index contributed by atoms with van der Waals surface area (Å²) in [4.78, 5) is 0. The van der Waals surface area contributed by atoms with E-state index in [2.05, 4.69) is 52.8 Å². The topological polar surface area (TPSA) is 20.2 Å². The van der Waals surface area contributed by atoms with Gasteiger partial charge in [-0.25, -0.2) is 0 Å². The molecule has 152 valence electrons. The van der Waals surface area contributed by atoms with E-state index >= 15 is 0 Å². The summed E-state index contributed by atoms with van der Waals surface area (Å²) in [6, 6.07) is 0. The fourth-order valence-corrected chi connectivity index (χ4v) is 8.10. The van der Waals surface area contributed by atoms with E-state index in [0.29, 0.717) is 22.7 Å². The van der Waals surface area contributed by atoms with Crippen LogP contribution < -0.4 is 0 Å². The van der Waals surface area contributed by atoms with E-state index in [9.17, 15) is 5.11 Å². The third-order valence-corrected chi connectivity index (χ3v) is 9.92. The summed E-state index contributed by atoms with van der Waals surface area (Å²) in [5.41, 5.74) is 2.23. The molecule has 0 aliphatic heterocycles. The smallest absolute Gasteiger partial charge is 0.0755 e. The zero-order valence-corrected chi connectivity index (χ0v) is 18.4. The quantitative estimate of drug-likeness (QED) is 0.541. The van der Waals surface area contributed by atoms with Crippen LogP contribution in [0.5, 0.6) is 0 Å². The molecule has 4 aliphatic carbocycles. The number of allylic oxidation sites excluding steroid dienone is 3. The van der Waals surface area contributed by atoms with Crippen molar-refractivity contribution in [2.75, 3.05) is 0 Å². The van der Waals surface area contributed by atoms with Gasteiger partial charge in [-0.1, -0.05) is 59.3 Å². The highest BCUT2D eigenvalue weighted by Crippen LogP contribution is 2.67. The maximum atomic E-state index is 10.5. The van der Waals surface area contributed by atoms with Gasteiger partial charge >= 0.3 is 0 Å². The molecule has 3 saturated carbocycles. The number of hydrogen-bond donors (Lipinski definition) is 1. The second-order valence-corrected chi connectivity index (χ2v) is 11.1. The first-order chi connectivity index (χ1) is 12.8. The van der Waals surface area contributed by atoms with Gasteiger partial charge in [0, 0.05) is 0 Å². The van der Waals surface area contributed by atoms with Crippen molar-refractivity contribution in [1.29, 1.82) is 0 Å². The first-order valence-corrected chi connectivity index (χ1v) is 11.9. The highest BCUT2D eigenvalue weighted by molar-refractivity contribution is 5.29. The van der Waals surface area contributed by atoms with Crippen molar-refractivity contribution < 1.29 is 5.11 Å². The predicted octanol–water partition coefficient (Wildman–Crippen LogP) is 6.77. The van der Waals surface area contributed by atoms with Crippen molar-refractivity contribution in [3.63, 3.8) is 0 Å². The normalized spacial score (nSPS) is 48.7. The molecule has 0 heterocycles. The lowest BCUT2D eigenvalue weighted by Crippen LogP contribution is -2.48. The SMILES string of the molecule is CC[C@H](C)/C=C/[C@@H](C)[C@H]1CC[C@H]2[C@@H]3CC=C4[C@@H](O)CC[C@]4(C)[C@H]3CC[C@]12C. The van der Waals surface area contributed by atoms with Gasteiger partial charge in [0.05, 0.1) is 6.10 Å². The van der Waals surface area contributed by atoms with Crippen molar-refractivity contribution in [2.24, 2.45) is 46.3 Å². The Labute approximate surface area is 167 Å². The summed E-state index contributed by atoms with van der Waals surface area (Å²) < 4.78 is 0. The van der Waals surface area contributed by atoms with Gasteiger partial charge < -0.3 is 5.11 Å². The molecule has 0 spiro atoms. The van der Waals surface area contributed by atoms with E-state index in [1.165, 1.54) is 50.5 Å². The van der Waals surface area contributed by atoms with E-state index in [-0.39, 0.29) is 6.10 Å². The standard InChI is InChI=1S/C26H42O/c1-6-17(2)7-8-18(3)20-11-12-21-19-9-10-23-24(27)14-16-26(23,5)22(19)13-15-25(20,21)4/h7-8,10,17-22,24,27H,6,9,11-16H2,1-5H3/b8-7+/t17-,18+,19-,20+,21-,22-,24-,25+,26+/m0/s1. The average Bonchev–Trinajstić information content (AvgIpc) is 3.16. The molecule has 4 rings (SSSR count). The largest absolute Gasteiger partial charge is 0.389 e. The molecule has 0 aromatic carbocycles. The molecule has 1 heteroatoms. The molecule has 1 nitrogen and oxygen atoms in total. The average molecular weight is 371 g/mol. The van der Waals surface area contributed by atoms with Gasteiger partial charge in [0.2, 0.25) is 0 Å². The van der Waals surface area contributed by atoms with Crippen LogP contribution in [0.3, 0.4) is 0 Å². The fourth-order valence-electron chi connectivity index (χ4n) is 8.10. The summed E-state index contributed by atoms with van der Waals surface area (Å²) in [5.74, 6) is 4.85. The van der Waals surface area contributed by atoms with Crippen molar-refractivity contribution in [3.05, 3.63) is 23.8 Å². The zero-order chi connectivity index (χ0) is 19.4.